The molecule has 0 aliphatic heterocycles. The SMILES string of the molecule is CCCC[N+](C)(OCCCCCO)C(C)=O. The molecule has 0 aliphatic carbocycles. The molecule has 0 heterocycles. The van der Waals surface area contributed by atoms with Crippen molar-refractivity contribution in [2.75, 3.05) is 26.8 Å². The number of hydroxylamine groups is 3. The van der Waals surface area contributed by atoms with Gasteiger partial charge in [0, 0.05) is 6.61 Å². The van der Waals surface area contributed by atoms with Gasteiger partial charge in [0.2, 0.25) is 0 Å². The van der Waals surface area contributed by atoms with Gasteiger partial charge < -0.3 is 5.11 Å². The standard InChI is InChI=1S/C12H26NO3/c1-4-5-9-13(3,12(2)15)16-11-8-6-7-10-14/h14H,4-11H2,1-3H3/q+1. The van der Waals surface area contributed by atoms with Crippen LogP contribution in [-0.2, 0) is 9.63 Å². The fraction of sp³-hybridized carbons (Fsp3) is 0.917. The van der Waals surface area contributed by atoms with Crippen molar-refractivity contribution in [2.45, 2.75) is 46.0 Å². The number of rotatable bonds is 9. The van der Waals surface area contributed by atoms with Gasteiger partial charge in [-0.15, -0.1) is 4.65 Å². The van der Waals surface area contributed by atoms with Crippen LogP contribution in [0.2, 0.25) is 0 Å². The maximum Gasteiger partial charge on any atom is 0.342 e. The van der Waals surface area contributed by atoms with E-state index in [0.29, 0.717) is 6.61 Å². The van der Waals surface area contributed by atoms with Gasteiger partial charge in [-0.25, -0.2) is 4.79 Å². The predicted octanol–water partition coefficient (Wildman–Crippen LogP) is 1.87. The molecule has 0 saturated carbocycles. The molecule has 0 fully saturated rings. The predicted molar refractivity (Wildman–Crippen MR) is 63.5 cm³/mol. The number of carbonyl (C=O) groups excluding carboxylic acids is 1. The van der Waals surface area contributed by atoms with E-state index in [1.807, 2.05) is 7.05 Å². The molecule has 0 radical (unpaired) electrons. The maximum absolute atomic E-state index is 11.5. The lowest BCUT2D eigenvalue weighted by Crippen LogP contribution is -2.48. The summed E-state index contributed by atoms with van der Waals surface area (Å²) in [5, 5.41) is 8.63. The molecular weight excluding hydrogens is 206 g/mol. The summed E-state index contributed by atoms with van der Waals surface area (Å²) in [6.07, 6.45) is 4.71. The van der Waals surface area contributed by atoms with Crippen molar-refractivity contribution in [3.63, 3.8) is 0 Å². The number of nitrogens with zero attached hydrogens (tertiary/aromatic N) is 1. The van der Waals surface area contributed by atoms with Crippen LogP contribution in [0.4, 0.5) is 0 Å². The molecule has 96 valence electrons. The van der Waals surface area contributed by atoms with Gasteiger partial charge in [-0.05, 0) is 25.7 Å². The Morgan fingerprint density at radius 3 is 2.44 bits per heavy atom. The molecule has 0 saturated heterocycles. The molecule has 4 nitrogen and oxygen atoms in total. The lowest BCUT2D eigenvalue weighted by molar-refractivity contribution is -1.03. The van der Waals surface area contributed by atoms with Crippen molar-refractivity contribution in [2.24, 2.45) is 0 Å². The van der Waals surface area contributed by atoms with Gasteiger partial charge >= 0.3 is 5.91 Å². The first-order valence-electron chi connectivity index (χ1n) is 6.19. The molecular formula is C12H26NO3+. The molecule has 1 unspecified atom stereocenters. The summed E-state index contributed by atoms with van der Waals surface area (Å²) in [4.78, 5) is 17.1. The van der Waals surface area contributed by atoms with Gasteiger partial charge in [-0.3, -0.25) is 0 Å². The van der Waals surface area contributed by atoms with Crippen LogP contribution in [0.15, 0.2) is 0 Å². The Hall–Kier alpha value is -0.450. The molecule has 1 atom stereocenters. The van der Waals surface area contributed by atoms with Crippen LogP contribution in [0.25, 0.3) is 0 Å². The smallest absolute Gasteiger partial charge is 0.342 e. The summed E-state index contributed by atoms with van der Waals surface area (Å²) in [6.45, 7) is 5.23. The summed E-state index contributed by atoms with van der Waals surface area (Å²) < 4.78 is 0.0764. The van der Waals surface area contributed by atoms with E-state index in [1.54, 1.807) is 6.92 Å². The molecule has 0 bridgehead atoms. The molecule has 16 heavy (non-hydrogen) atoms. The zero-order chi connectivity index (χ0) is 12.4. The normalized spacial score (nSPS) is 14.8. The first-order chi connectivity index (χ1) is 7.56. The Labute approximate surface area is 98.7 Å². The molecule has 0 aromatic heterocycles. The second-order valence-corrected chi connectivity index (χ2v) is 4.31. The zero-order valence-corrected chi connectivity index (χ0v) is 10.9. The largest absolute Gasteiger partial charge is 0.396 e. The average Bonchev–Trinajstić information content (AvgIpc) is 2.26. The minimum absolute atomic E-state index is 0.0515. The fourth-order valence-corrected chi connectivity index (χ4v) is 1.43. The Morgan fingerprint density at radius 1 is 1.25 bits per heavy atom. The van der Waals surface area contributed by atoms with Crippen LogP contribution in [0.1, 0.15) is 46.0 Å². The highest BCUT2D eigenvalue weighted by Crippen LogP contribution is 2.09. The van der Waals surface area contributed by atoms with Gasteiger partial charge in [-0.2, -0.15) is 4.84 Å². The third-order valence-electron chi connectivity index (χ3n) is 2.78. The third-order valence-corrected chi connectivity index (χ3v) is 2.78. The van der Waals surface area contributed by atoms with E-state index in [1.165, 1.54) is 0 Å². The Bertz CT molecular complexity index is 197. The summed E-state index contributed by atoms with van der Waals surface area (Å²) in [5.41, 5.74) is 0. The van der Waals surface area contributed by atoms with Crippen LogP contribution in [-0.4, -0.2) is 42.5 Å². The Kier molecular flexibility index (Phi) is 8.43. The summed E-state index contributed by atoms with van der Waals surface area (Å²) in [5.74, 6) is 0.0515. The molecule has 1 amide bonds. The van der Waals surface area contributed by atoms with Crippen molar-refractivity contribution in [3.8, 4) is 0 Å². The van der Waals surface area contributed by atoms with E-state index in [4.69, 9.17) is 9.94 Å². The minimum Gasteiger partial charge on any atom is -0.396 e. The van der Waals surface area contributed by atoms with Crippen LogP contribution in [0, 0.1) is 0 Å². The van der Waals surface area contributed by atoms with E-state index in [0.717, 1.165) is 38.6 Å². The second kappa shape index (κ2) is 8.67. The number of hydrogen-bond acceptors (Lipinski definition) is 3. The van der Waals surface area contributed by atoms with Gasteiger partial charge in [-0.1, -0.05) is 13.3 Å². The number of amides is 1. The van der Waals surface area contributed by atoms with Crippen LogP contribution < -0.4 is 0 Å². The highest BCUT2D eigenvalue weighted by molar-refractivity contribution is 5.64. The second-order valence-electron chi connectivity index (χ2n) is 4.31. The highest BCUT2D eigenvalue weighted by atomic mass is 16.7. The van der Waals surface area contributed by atoms with Crippen molar-refractivity contribution < 1.29 is 19.4 Å². The van der Waals surface area contributed by atoms with Crippen molar-refractivity contribution >= 4 is 5.91 Å². The summed E-state index contributed by atoms with van der Waals surface area (Å²) in [6, 6.07) is 0. The number of hydrogen-bond donors (Lipinski definition) is 1. The monoisotopic (exact) mass is 232 g/mol. The van der Waals surface area contributed by atoms with Crippen molar-refractivity contribution in [1.29, 1.82) is 0 Å². The van der Waals surface area contributed by atoms with E-state index in [2.05, 4.69) is 6.92 Å². The maximum atomic E-state index is 11.5. The molecule has 0 aromatic carbocycles. The molecule has 0 spiro atoms. The van der Waals surface area contributed by atoms with Crippen LogP contribution >= 0.6 is 0 Å². The zero-order valence-electron chi connectivity index (χ0n) is 10.9. The van der Waals surface area contributed by atoms with Crippen molar-refractivity contribution in [1.82, 2.24) is 0 Å². The third kappa shape index (κ3) is 6.20. The fourth-order valence-electron chi connectivity index (χ4n) is 1.43. The van der Waals surface area contributed by atoms with E-state index in [-0.39, 0.29) is 17.2 Å². The van der Waals surface area contributed by atoms with Gasteiger partial charge in [0.25, 0.3) is 0 Å². The quantitative estimate of drug-likeness (QED) is 0.375. The molecule has 1 N–H and O–H groups in total. The number of aliphatic hydroxyl groups excluding tert-OH is 1. The van der Waals surface area contributed by atoms with E-state index in [9.17, 15) is 4.79 Å². The lowest BCUT2D eigenvalue weighted by Gasteiger charge is -2.27. The minimum atomic E-state index is 0.0515. The van der Waals surface area contributed by atoms with Gasteiger partial charge in [0.1, 0.15) is 20.2 Å². The number of quaternary nitrogens is 1. The average molecular weight is 232 g/mol. The van der Waals surface area contributed by atoms with E-state index >= 15 is 0 Å². The molecule has 4 heteroatoms. The first kappa shape index (κ1) is 15.6. The first-order valence-corrected chi connectivity index (χ1v) is 6.19. The summed E-state index contributed by atoms with van der Waals surface area (Å²) in [7, 11) is 1.82. The van der Waals surface area contributed by atoms with Crippen molar-refractivity contribution in [3.05, 3.63) is 0 Å². The van der Waals surface area contributed by atoms with E-state index < -0.39 is 0 Å². The number of aliphatic hydroxyl groups is 1. The molecule has 0 rings (SSSR count). The lowest BCUT2D eigenvalue weighted by atomic mass is 10.2. The van der Waals surface area contributed by atoms with Crippen LogP contribution in [0.3, 0.4) is 0 Å². The molecule has 0 aliphatic rings. The topological polar surface area (TPSA) is 46.5 Å². The Morgan fingerprint density at radius 2 is 1.94 bits per heavy atom. The number of carbonyl (C=O) groups is 1. The summed E-state index contributed by atoms with van der Waals surface area (Å²) >= 11 is 0. The van der Waals surface area contributed by atoms with Gasteiger partial charge in [0.05, 0.1) is 6.92 Å². The number of unbranched alkanes of at least 4 members (excludes halogenated alkanes) is 3. The Balaban J connectivity index is 3.88. The highest BCUT2D eigenvalue weighted by Gasteiger charge is 2.29. The van der Waals surface area contributed by atoms with Gasteiger partial charge in [0.15, 0.2) is 0 Å². The van der Waals surface area contributed by atoms with Crippen LogP contribution in [0.5, 0.6) is 0 Å². The molecule has 0 aromatic rings.